The van der Waals surface area contributed by atoms with Crippen LogP contribution in [0.25, 0.3) is 21.8 Å². The third-order valence-corrected chi connectivity index (χ3v) is 5.53. The number of nitrogens with one attached hydrogen (secondary N) is 1. The molecule has 9 heteroatoms. The fourth-order valence-electron chi connectivity index (χ4n) is 3.21. The van der Waals surface area contributed by atoms with Crippen LogP contribution in [0.3, 0.4) is 0 Å². The SMILES string of the molecule is CC(C)NC(=O)Cn1c(=O)nc(-c2ccco2)c2nc(N3CCCC3)sc21. The first-order valence-corrected chi connectivity index (χ1v) is 9.84. The van der Waals surface area contributed by atoms with E-state index >= 15 is 0 Å². The molecule has 1 N–H and O–H groups in total. The van der Waals surface area contributed by atoms with Crippen LogP contribution < -0.4 is 15.9 Å². The number of carbonyl (C=O) groups is 1. The van der Waals surface area contributed by atoms with E-state index in [1.807, 2.05) is 13.8 Å². The highest BCUT2D eigenvalue weighted by Crippen LogP contribution is 2.34. The fraction of sp³-hybridized carbons (Fsp3) is 0.444. The van der Waals surface area contributed by atoms with Gasteiger partial charge in [0, 0.05) is 19.1 Å². The number of hydrogen-bond donors (Lipinski definition) is 1. The third kappa shape index (κ3) is 3.46. The molecule has 1 aliphatic rings. The van der Waals surface area contributed by atoms with Crippen molar-refractivity contribution in [3.05, 3.63) is 28.9 Å². The first-order chi connectivity index (χ1) is 13.0. The number of rotatable bonds is 5. The Labute approximate surface area is 159 Å². The highest BCUT2D eigenvalue weighted by molar-refractivity contribution is 7.22. The van der Waals surface area contributed by atoms with Gasteiger partial charge in [-0.25, -0.2) is 9.78 Å². The van der Waals surface area contributed by atoms with E-state index in [4.69, 9.17) is 9.40 Å². The van der Waals surface area contributed by atoms with Gasteiger partial charge in [-0.1, -0.05) is 11.3 Å². The summed E-state index contributed by atoms with van der Waals surface area (Å²) in [7, 11) is 0. The Bertz CT molecular complexity index is 1020. The van der Waals surface area contributed by atoms with Crippen LogP contribution in [-0.4, -0.2) is 39.6 Å². The number of aromatic nitrogens is 3. The summed E-state index contributed by atoms with van der Waals surface area (Å²) in [5, 5.41) is 3.66. The van der Waals surface area contributed by atoms with E-state index in [2.05, 4.69) is 15.2 Å². The van der Waals surface area contributed by atoms with E-state index in [0.29, 0.717) is 21.8 Å². The molecule has 1 amide bonds. The average Bonchev–Trinajstić information content (AvgIpc) is 3.37. The fourth-order valence-corrected chi connectivity index (χ4v) is 4.33. The molecule has 8 nitrogen and oxygen atoms in total. The molecule has 0 aliphatic carbocycles. The van der Waals surface area contributed by atoms with E-state index < -0.39 is 5.69 Å². The molecule has 0 spiro atoms. The van der Waals surface area contributed by atoms with Gasteiger partial charge < -0.3 is 14.6 Å². The summed E-state index contributed by atoms with van der Waals surface area (Å²) in [5.74, 6) is 0.270. The van der Waals surface area contributed by atoms with Gasteiger partial charge in [0.05, 0.1) is 6.26 Å². The standard InChI is InChI=1S/C18H21N5O3S/c1-11(2)19-13(24)10-23-16-15(21-18(27-16)22-7-3-4-8-22)14(20-17(23)25)12-6-5-9-26-12/h5-6,9,11H,3-4,7-8,10H2,1-2H3,(H,19,24). The molecule has 27 heavy (non-hydrogen) atoms. The van der Waals surface area contributed by atoms with Crippen molar-refractivity contribution < 1.29 is 9.21 Å². The van der Waals surface area contributed by atoms with Gasteiger partial charge in [-0.2, -0.15) is 4.98 Å². The molecule has 4 rings (SSSR count). The summed E-state index contributed by atoms with van der Waals surface area (Å²) in [6.45, 7) is 5.57. The Kier molecular flexibility index (Phi) is 4.69. The quantitative estimate of drug-likeness (QED) is 0.722. The Morgan fingerprint density at radius 2 is 2.11 bits per heavy atom. The van der Waals surface area contributed by atoms with Gasteiger partial charge in [-0.15, -0.1) is 0 Å². The number of furan rings is 1. The predicted octanol–water partition coefficient (Wildman–Crippen LogP) is 2.24. The minimum atomic E-state index is -0.482. The number of carbonyl (C=O) groups excluding carboxylic acids is 1. The van der Waals surface area contributed by atoms with Crippen molar-refractivity contribution in [1.29, 1.82) is 0 Å². The summed E-state index contributed by atoms with van der Waals surface area (Å²) in [6.07, 6.45) is 3.80. The van der Waals surface area contributed by atoms with E-state index in [9.17, 15) is 9.59 Å². The second-order valence-corrected chi connectivity index (χ2v) is 7.83. The second kappa shape index (κ2) is 7.15. The summed E-state index contributed by atoms with van der Waals surface area (Å²) >= 11 is 1.42. The molecule has 142 valence electrons. The van der Waals surface area contributed by atoms with E-state index in [-0.39, 0.29) is 18.5 Å². The van der Waals surface area contributed by atoms with Gasteiger partial charge >= 0.3 is 5.69 Å². The Morgan fingerprint density at radius 3 is 2.78 bits per heavy atom. The summed E-state index contributed by atoms with van der Waals surface area (Å²) in [4.78, 5) is 36.7. The Hall–Kier alpha value is -2.68. The van der Waals surface area contributed by atoms with E-state index in [1.165, 1.54) is 22.2 Å². The van der Waals surface area contributed by atoms with Crippen molar-refractivity contribution in [3.63, 3.8) is 0 Å². The van der Waals surface area contributed by atoms with Crippen LogP contribution >= 0.6 is 11.3 Å². The van der Waals surface area contributed by atoms with Crippen molar-refractivity contribution in [3.8, 4) is 11.5 Å². The van der Waals surface area contributed by atoms with Crippen LogP contribution in [0.5, 0.6) is 0 Å². The van der Waals surface area contributed by atoms with Crippen molar-refractivity contribution in [1.82, 2.24) is 19.9 Å². The normalized spacial score (nSPS) is 14.4. The highest BCUT2D eigenvalue weighted by Gasteiger charge is 2.23. The van der Waals surface area contributed by atoms with Gasteiger partial charge in [0.25, 0.3) is 0 Å². The molecule has 0 atom stereocenters. The molecule has 1 fully saturated rings. The molecule has 0 aromatic carbocycles. The van der Waals surface area contributed by atoms with Gasteiger partial charge in [0.2, 0.25) is 5.91 Å². The van der Waals surface area contributed by atoms with Crippen molar-refractivity contribution in [2.75, 3.05) is 18.0 Å². The first kappa shape index (κ1) is 17.7. The van der Waals surface area contributed by atoms with Gasteiger partial charge in [0.15, 0.2) is 10.9 Å². The molecular weight excluding hydrogens is 366 g/mol. The second-order valence-electron chi connectivity index (χ2n) is 6.87. The lowest BCUT2D eigenvalue weighted by Gasteiger charge is -2.12. The molecule has 0 saturated carbocycles. The number of nitrogens with zero attached hydrogens (tertiary/aromatic N) is 4. The van der Waals surface area contributed by atoms with Crippen molar-refractivity contribution in [2.24, 2.45) is 0 Å². The number of anilines is 1. The molecule has 4 heterocycles. The first-order valence-electron chi connectivity index (χ1n) is 9.02. The monoisotopic (exact) mass is 387 g/mol. The molecule has 3 aromatic heterocycles. The minimum Gasteiger partial charge on any atom is -0.463 e. The molecular formula is C18H21N5O3S. The van der Waals surface area contributed by atoms with Gasteiger partial charge in [-0.05, 0) is 38.8 Å². The van der Waals surface area contributed by atoms with Crippen molar-refractivity contribution >= 4 is 32.7 Å². The molecule has 0 radical (unpaired) electrons. The largest absolute Gasteiger partial charge is 0.463 e. The predicted molar refractivity (Wildman–Crippen MR) is 104 cm³/mol. The Morgan fingerprint density at radius 1 is 1.33 bits per heavy atom. The smallest absolute Gasteiger partial charge is 0.349 e. The van der Waals surface area contributed by atoms with Gasteiger partial charge in [-0.3, -0.25) is 9.36 Å². The van der Waals surface area contributed by atoms with Crippen LogP contribution in [0.4, 0.5) is 5.13 Å². The van der Waals surface area contributed by atoms with Crippen LogP contribution in [-0.2, 0) is 11.3 Å². The molecule has 0 unspecified atom stereocenters. The maximum Gasteiger partial charge on any atom is 0.349 e. The number of thiazole rings is 1. The molecule has 0 bridgehead atoms. The summed E-state index contributed by atoms with van der Waals surface area (Å²) < 4.78 is 6.85. The highest BCUT2D eigenvalue weighted by atomic mass is 32.1. The maximum absolute atomic E-state index is 12.7. The van der Waals surface area contributed by atoms with E-state index in [1.54, 1.807) is 12.1 Å². The molecule has 1 aliphatic heterocycles. The van der Waals surface area contributed by atoms with Crippen LogP contribution in [0.2, 0.25) is 0 Å². The maximum atomic E-state index is 12.7. The zero-order valence-corrected chi connectivity index (χ0v) is 16.1. The zero-order chi connectivity index (χ0) is 19.0. The molecule has 3 aromatic rings. The Balaban J connectivity index is 1.85. The van der Waals surface area contributed by atoms with Crippen LogP contribution in [0, 0.1) is 0 Å². The summed E-state index contributed by atoms with van der Waals surface area (Å²) in [5.41, 5.74) is 0.528. The zero-order valence-electron chi connectivity index (χ0n) is 15.3. The molecule has 1 saturated heterocycles. The number of hydrogen-bond acceptors (Lipinski definition) is 7. The lowest BCUT2D eigenvalue weighted by Crippen LogP contribution is -2.36. The number of amides is 1. The van der Waals surface area contributed by atoms with Gasteiger partial charge in [0.1, 0.15) is 22.6 Å². The number of fused-ring (bicyclic) bond motifs is 1. The van der Waals surface area contributed by atoms with E-state index in [0.717, 1.165) is 31.1 Å². The topological polar surface area (TPSA) is 93.3 Å². The van der Waals surface area contributed by atoms with Crippen LogP contribution in [0.15, 0.2) is 27.6 Å². The minimum absolute atomic E-state index is 0.000616. The third-order valence-electron chi connectivity index (χ3n) is 4.39. The van der Waals surface area contributed by atoms with Crippen LogP contribution in [0.1, 0.15) is 26.7 Å². The average molecular weight is 387 g/mol. The lowest BCUT2D eigenvalue weighted by molar-refractivity contribution is -0.122. The van der Waals surface area contributed by atoms with Crippen molar-refractivity contribution in [2.45, 2.75) is 39.3 Å². The summed E-state index contributed by atoms with van der Waals surface area (Å²) in [6, 6.07) is 3.50. The lowest BCUT2D eigenvalue weighted by atomic mass is 10.3.